The second-order valence-electron chi connectivity index (χ2n) is 8.36. The van der Waals surface area contributed by atoms with Crippen molar-refractivity contribution in [1.29, 1.82) is 0 Å². The van der Waals surface area contributed by atoms with Gasteiger partial charge in [0.25, 0.3) is 0 Å². The Morgan fingerprint density at radius 1 is 1.20 bits per heavy atom. The monoisotopic (exact) mass is 416 g/mol. The number of nitrogens with zero attached hydrogens (tertiary/aromatic N) is 1. The fourth-order valence-corrected chi connectivity index (χ4v) is 4.36. The van der Waals surface area contributed by atoms with Crippen LogP contribution < -0.4 is 5.32 Å². The number of rotatable bonds is 8. The third-order valence-electron chi connectivity index (χ3n) is 6.25. The van der Waals surface area contributed by atoms with E-state index in [0.29, 0.717) is 62.0 Å². The summed E-state index contributed by atoms with van der Waals surface area (Å²) >= 11 is 0. The van der Waals surface area contributed by atoms with Crippen LogP contribution in [0.5, 0.6) is 0 Å². The number of nitrogens with one attached hydrogen (secondary N) is 1. The van der Waals surface area contributed by atoms with Crippen LogP contribution in [0.25, 0.3) is 11.3 Å². The first kappa shape index (κ1) is 21.0. The van der Waals surface area contributed by atoms with Gasteiger partial charge in [-0.3, -0.25) is 4.79 Å². The van der Waals surface area contributed by atoms with Crippen molar-refractivity contribution in [2.75, 3.05) is 33.0 Å². The Bertz CT molecular complexity index is 841. The van der Waals surface area contributed by atoms with Crippen LogP contribution in [0.4, 0.5) is 4.39 Å². The van der Waals surface area contributed by atoms with Crippen LogP contribution in [0.1, 0.15) is 37.9 Å². The highest BCUT2D eigenvalue weighted by molar-refractivity contribution is 5.83. The number of aromatic nitrogens is 1. The van der Waals surface area contributed by atoms with Gasteiger partial charge in [-0.1, -0.05) is 17.3 Å². The molecule has 0 bridgehead atoms. The number of halogens is 1. The molecule has 3 heterocycles. The highest BCUT2D eigenvalue weighted by atomic mass is 19.1. The van der Waals surface area contributed by atoms with Crippen molar-refractivity contribution < 1.29 is 23.2 Å². The molecule has 4 rings (SSSR count). The topological polar surface area (TPSA) is 73.6 Å². The maximum Gasteiger partial charge on any atom is 0.226 e. The van der Waals surface area contributed by atoms with Crippen molar-refractivity contribution >= 4 is 5.91 Å². The summed E-state index contributed by atoms with van der Waals surface area (Å²) in [5, 5.41) is 7.16. The van der Waals surface area contributed by atoms with Crippen LogP contribution in [-0.4, -0.2) is 44.0 Å². The van der Waals surface area contributed by atoms with E-state index >= 15 is 0 Å². The Hall–Kier alpha value is -2.25. The second kappa shape index (κ2) is 9.71. The van der Waals surface area contributed by atoms with Gasteiger partial charge in [-0.25, -0.2) is 4.39 Å². The Morgan fingerprint density at radius 2 is 2.03 bits per heavy atom. The van der Waals surface area contributed by atoms with Gasteiger partial charge in [-0.05, 0) is 50.2 Å². The van der Waals surface area contributed by atoms with Crippen molar-refractivity contribution in [2.24, 2.45) is 11.3 Å². The lowest BCUT2D eigenvalue weighted by Gasteiger charge is -2.35. The van der Waals surface area contributed by atoms with Crippen LogP contribution in [0.15, 0.2) is 34.9 Å². The molecule has 162 valence electrons. The second-order valence-corrected chi connectivity index (χ2v) is 8.36. The third kappa shape index (κ3) is 4.90. The molecule has 30 heavy (non-hydrogen) atoms. The van der Waals surface area contributed by atoms with Crippen molar-refractivity contribution in [3.05, 3.63) is 41.9 Å². The summed E-state index contributed by atoms with van der Waals surface area (Å²) in [6.07, 6.45) is 4.83. The normalized spacial score (nSPS) is 20.9. The minimum atomic E-state index is -0.583. The lowest BCUT2D eigenvalue weighted by molar-refractivity contribution is -0.137. The summed E-state index contributed by atoms with van der Waals surface area (Å²) in [5.74, 6) is 0.902. The molecule has 0 aliphatic carbocycles. The first-order valence-electron chi connectivity index (χ1n) is 10.8. The van der Waals surface area contributed by atoms with Gasteiger partial charge >= 0.3 is 0 Å². The van der Waals surface area contributed by atoms with Crippen LogP contribution in [0, 0.1) is 17.2 Å². The molecule has 2 fully saturated rings. The summed E-state index contributed by atoms with van der Waals surface area (Å²) in [5.41, 5.74) is 0.263. The predicted octanol–water partition coefficient (Wildman–Crippen LogP) is 3.75. The van der Waals surface area contributed by atoms with Crippen molar-refractivity contribution in [3.63, 3.8) is 0 Å². The number of ether oxygens (including phenoxy) is 2. The molecule has 1 amide bonds. The van der Waals surface area contributed by atoms with Gasteiger partial charge in [0.05, 0.1) is 5.41 Å². The van der Waals surface area contributed by atoms with E-state index in [9.17, 15) is 9.18 Å². The summed E-state index contributed by atoms with van der Waals surface area (Å²) in [4.78, 5) is 13.1. The molecule has 2 aliphatic rings. The highest BCUT2D eigenvalue weighted by Gasteiger charge is 2.41. The first-order chi connectivity index (χ1) is 14.7. The standard InChI is InChI=1S/C23H29FN2O4/c24-20-6-2-1-5-19(20)21-14-18(30-26-21)15-23(8-12-28-13-9-23)22(27)25-10-3-4-17-7-11-29-16-17/h1-2,5-6,14,17H,3-4,7-13,15-16H2,(H,25,27)/t17-/m1/s1. The van der Waals surface area contributed by atoms with Gasteiger partial charge in [-0.15, -0.1) is 0 Å². The smallest absolute Gasteiger partial charge is 0.226 e. The van der Waals surface area contributed by atoms with E-state index in [2.05, 4.69) is 10.5 Å². The molecular weight excluding hydrogens is 387 g/mol. The van der Waals surface area contributed by atoms with Crippen LogP contribution in [0.3, 0.4) is 0 Å². The van der Waals surface area contributed by atoms with E-state index in [1.807, 2.05) is 0 Å². The molecule has 0 unspecified atom stereocenters. The molecule has 1 N–H and O–H groups in total. The van der Waals surface area contributed by atoms with Gasteiger partial charge in [0, 0.05) is 51.0 Å². The number of carbonyl (C=O) groups excluding carboxylic acids is 1. The van der Waals surface area contributed by atoms with E-state index in [1.54, 1.807) is 24.3 Å². The highest BCUT2D eigenvalue weighted by Crippen LogP contribution is 2.36. The number of benzene rings is 1. The van der Waals surface area contributed by atoms with Gasteiger partial charge in [-0.2, -0.15) is 0 Å². The number of hydrogen-bond acceptors (Lipinski definition) is 5. The number of carbonyl (C=O) groups is 1. The molecule has 1 aromatic carbocycles. The van der Waals surface area contributed by atoms with Crippen LogP contribution in [0.2, 0.25) is 0 Å². The molecule has 0 spiro atoms. The van der Waals surface area contributed by atoms with Gasteiger partial charge in [0.15, 0.2) is 0 Å². The molecule has 1 atom stereocenters. The fraction of sp³-hybridized carbons (Fsp3) is 0.565. The molecule has 2 aromatic rings. The Morgan fingerprint density at radius 3 is 2.80 bits per heavy atom. The van der Waals surface area contributed by atoms with E-state index in [4.69, 9.17) is 14.0 Å². The average Bonchev–Trinajstić information content (AvgIpc) is 3.44. The van der Waals surface area contributed by atoms with E-state index < -0.39 is 5.41 Å². The molecule has 7 heteroatoms. The maximum absolute atomic E-state index is 14.1. The molecular formula is C23H29FN2O4. The Balaban J connectivity index is 1.39. The first-order valence-corrected chi connectivity index (χ1v) is 10.8. The lowest BCUT2D eigenvalue weighted by Crippen LogP contribution is -2.46. The van der Waals surface area contributed by atoms with Crippen molar-refractivity contribution in [3.8, 4) is 11.3 Å². The predicted molar refractivity (Wildman–Crippen MR) is 109 cm³/mol. The Kier molecular flexibility index (Phi) is 6.79. The molecule has 2 aliphatic heterocycles. The quantitative estimate of drug-likeness (QED) is 0.664. The van der Waals surface area contributed by atoms with E-state index in [-0.39, 0.29) is 11.7 Å². The van der Waals surface area contributed by atoms with Crippen molar-refractivity contribution in [1.82, 2.24) is 10.5 Å². The van der Waals surface area contributed by atoms with Gasteiger partial charge in [0.2, 0.25) is 5.91 Å². The zero-order valence-corrected chi connectivity index (χ0v) is 17.2. The molecule has 2 saturated heterocycles. The largest absolute Gasteiger partial charge is 0.381 e. The van der Waals surface area contributed by atoms with Crippen molar-refractivity contribution in [2.45, 2.75) is 38.5 Å². The summed E-state index contributed by atoms with van der Waals surface area (Å²) in [6.45, 7) is 3.44. The van der Waals surface area contributed by atoms with Crippen LogP contribution >= 0.6 is 0 Å². The minimum absolute atomic E-state index is 0.0392. The summed E-state index contributed by atoms with van der Waals surface area (Å²) in [6, 6.07) is 8.21. The zero-order chi connectivity index (χ0) is 20.8. The maximum atomic E-state index is 14.1. The minimum Gasteiger partial charge on any atom is -0.381 e. The van der Waals surface area contributed by atoms with Gasteiger partial charge in [0.1, 0.15) is 17.3 Å². The number of hydrogen-bond donors (Lipinski definition) is 1. The summed E-state index contributed by atoms with van der Waals surface area (Å²) < 4.78 is 30.5. The molecule has 1 aromatic heterocycles. The molecule has 6 nitrogen and oxygen atoms in total. The van der Waals surface area contributed by atoms with E-state index in [1.165, 1.54) is 6.07 Å². The van der Waals surface area contributed by atoms with Crippen LogP contribution in [-0.2, 0) is 20.7 Å². The lowest BCUT2D eigenvalue weighted by atomic mass is 9.75. The summed E-state index contributed by atoms with van der Waals surface area (Å²) in [7, 11) is 0. The third-order valence-corrected chi connectivity index (χ3v) is 6.25. The molecule has 0 radical (unpaired) electrons. The number of amides is 1. The molecule has 0 saturated carbocycles. The average molecular weight is 416 g/mol. The SMILES string of the molecule is O=C(NCCC[C@@H]1CCOC1)C1(Cc2cc(-c3ccccc3F)no2)CCOCC1. The van der Waals surface area contributed by atoms with Gasteiger partial charge < -0.3 is 19.3 Å². The van der Waals surface area contributed by atoms with E-state index in [0.717, 1.165) is 32.5 Å². The fourth-order valence-electron chi connectivity index (χ4n) is 4.36. The Labute approximate surface area is 176 Å². The zero-order valence-electron chi connectivity index (χ0n) is 17.2.